The molecular weight excluding hydrogens is 703 g/mol. The molecule has 1 spiro atoms. The molecule has 0 bridgehead atoms. The summed E-state index contributed by atoms with van der Waals surface area (Å²) in [5.74, 6) is 2.34. The van der Waals surface area contributed by atoms with Crippen LogP contribution in [0.25, 0.3) is 74.1 Å². The summed E-state index contributed by atoms with van der Waals surface area (Å²) in [6, 6.07) is 61.2. The second-order valence-electron chi connectivity index (χ2n) is 15.6. The molecule has 1 heterocycles. The van der Waals surface area contributed by atoms with Gasteiger partial charge in [-0.05, 0) is 103 Å². The molecule has 11 rings (SSSR count). The first-order valence-electron chi connectivity index (χ1n) is 20.2. The number of hydrogen-bond donors (Lipinski definition) is 0. The Hall–Kier alpha value is -7.23. The Morgan fingerprint density at radius 1 is 0.431 bits per heavy atom. The summed E-state index contributed by atoms with van der Waals surface area (Å²) in [5.41, 5.74) is 17.1. The Bertz CT molecular complexity index is 2940. The maximum Gasteiger partial charge on any atom is 0.164 e. The number of hydrogen-bond acceptors (Lipinski definition) is 3. The Morgan fingerprint density at radius 2 is 0.966 bits per heavy atom. The average molecular weight is 742 g/mol. The van der Waals surface area contributed by atoms with Crippen molar-refractivity contribution >= 4 is 17.7 Å². The summed E-state index contributed by atoms with van der Waals surface area (Å²) in [6.07, 6.45) is 12.3. The quantitative estimate of drug-likeness (QED) is 0.176. The molecular formula is C55H39N3. The van der Waals surface area contributed by atoms with E-state index in [0.29, 0.717) is 23.4 Å². The van der Waals surface area contributed by atoms with Crippen LogP contribution in [0.5, 0.6) is 0 Å². The van der Waals surface area contributed by atoms with Crippen molar-refractivity contribution in [3.8, 4) is 56.4 Å². The molecule has 58 heavy (non-hydrogen) atoms. The van der Waals surface area contributed by atoms with E-state index in [1.807, 2.05) is 18.2 Å². The third-order valence-electron chi connectivity index (χ3n) is 12.2. The fourth-order valence-electron chi connectivity index (χ4n) is 9.49. The predicted molar refractivity (Wildman–Crippen MR) is 239 cm³/mol. The Balaban J connectivity index is 1.16. The van der Waals surface area contributed by atoms with Gasteiger partial charge in [-0.25, -0.2) is 15.0 Å². The van der Waals surface area contributed by atoms with Gasteiger partial charge in [0.25, 0.3) is 0 Å². The minimum atomic E-state index is -0.547. The first-order valence-corrected chi connectivity index (χ1v) is 20.2. The molecule has 0 saturated heterocycles. The van der Waals surface area contributed by atoms with Crippen LogP contribution >= 0.6 is 0 Å². The van der Waals surface area contributed by atoms with E-state index in [1.54, 1.807) is 0 Å². The first-order chi connectivity index (χ1) is 28.6. The third-order valence-corrected chi connectivity index (χ3v) is 12.2. The SMILES string of the molecule is CC1CC=CC=C1c1cc(-c2ccccc2)cc(-c2nc(-c3ccccc3)nc(-c3ccc4c(c3)C3(c5ccccc5C=Cc5ccccc53)c3ccccc3-4)n2)c1. The average Bonchev–Trinajstić information content (AvgIpc) is 3.49. The topological polar surface area (TPSA) is 38.7 Å². The van der Waals surface area contributed by atoms with Gasteiger partial charge in [0.2, 0.25) is 0 Å². The Morgan fingerprint density at radius 3 is 1.66 bits per heavy atom. The number of benzene rings is 7. The van der Waals surface area contributed by atoms with E-state index < -0.39 is 5.41 Å². The fourth-order valence-corrected chi connectivity index (χ4v) is 9.49. The summed E-state index contributed by atoms with van der Waals surface area (Å²) in [5, 5.41) is 0. The van der Waals surface area contributed by atoms with Gasteiger partial charge in [-0.2, -0.15) is 0 Å². The van der Waals surface area contributed by atoms with Crippen molar-refractivity contribution in [1.82, 2.24) is 15.0 Å². The normalized spacial score (nSPS) is 15.5. The van der Waals surface area contributed by atoms with Gasteiger partial charge in [0.1, 0.15) is 0 Å². The lowest BCUT2D eigenvalue weighted by Crippen LogP contribution is -2.30. The van der Waals surface area contributed by atoms with Gasteiger partial charge in [-0.15, -0.1) is 0 Å². The third kappa shape index (κ3) is 5.46. The second kappa shape index (κ2) is 13.8. The first kappa shape index (κ1) is 34.1. The number of allylic oxidation sites excluding steroid dienone is 4. The maximum atomic E-state index is 5.39. The molecule has 0 aliphatic heterocycles. The van der Waals surface area contributed by atoms with Gasteiger partial charge in [-0.3, -0.25) is 0 Å². The van der Waals surface area contributed by atoms with Crippen molar-refractivity contribution in [2.45, 2.75) is 18.8 Å². The van der Waals surface area contributed by atoms with Crippen molar-refractivity contribution in [2.24, 2.45) is 5.92 Å². The highest BCUT2D eigenvalue weighted by Crippen LogP contribution is 2.59. The molecule has 3 nitrogen and oxygen atoms in total. The molecule has 0 saturated carbocycles. The lowest BCUT2D eigenvalue weighted by molar-refractivity contribution is 0.758. The molecule has 0 amide bonds. The highest BCUT2D eigenvalue weighted by Gasteiger charge is 2.48. The molecule has 0 N–H and O–H groups in total. The van der Waals surface area contributed by atoms with E-state index in [0.717, 1.165) is 34.2 Å². The molecule has 7 aromatic carbocycles. The van der Waals surface area contributed by atoms with Gasteiger partial charge < -0.3 is 0 Å². The van der Waals surface area contributed by atoms with E-state index in [1.165, 1.54) is 55.6 Å². The van der Waals surface area contributed by atoms with Gasteiger partial charge in [0, 0.05) is 16.7 Å². The molecule has 0 radical (unpaired) electrons. The lowest BCUT2D eigenvalue weighted by Gasteiger charge is -2.35. The molecule has 0 fully saturated rings. The van der Waals surface area contributed by atoms with Crippen LogP contribution in [-0.4, -0.2) is 15.0 Å². The van der Waals surface area contributed by atoms with Crippen LogP contribution in [0.2, 0.25) is 0 Å². The van der Waals surface area contributed by atoms with Crippen LogP contribution in [0.1, 0.15) is 52.3 Å². The summed E-state index contributed by atoms with van der Waals surface area (Å²) in [4.78, 5) is 15.9. The number of rotatable bonds is 5. The monoisotopic (exact) mass is 741 g/mol. The van der Waals surface area contributed by atoms with E-state index in [4.69, 9.17) is 15.0 Å². The fraction of sp³-hybridized carbons (Fsp3) is 0.0727. The summed E-state index contributed by atoms with van der Waals surface area (Å²) >= 11 is 0. The van der Waals surface area contributed by atoms with E-state index >= 15 is 0 Å². The zero-order chi connectivity index (χ0) is 38.6. The standard InChI is InChI=1S/C55H39N3/c1-36-16-8-11-23-45(36)43-32-42(37-17-4-2-5-18-37)33-44(34-43)54-57-52(40-21-6-3-7-22-40)56-53(58-54)41-30-31-47-46-24-12-15-27-50(46)55(51(47)35-41)48-25-13-9-19-38(48)28-29-39-20-10-14-26-49(39)55/h2-15,17-36H,16H2,1H3. The Labute approximate surface area is 339 Å². The number of fused-ring (bicyclic) bond motifs is 9. The summed E-state index contributed by atoms with van der Waals surface area (Å²) in [7, 11) is 0. The van der Waals surface area contributed by atoms with Crippen LogP contribution in [0, 0.1) is 5.92 Å². The highest BCUT2D eigenvalue weighted by molar-refractivity contribution is 5.92. The molecule has 274 valence electrons. The summed E-state index contributed by atoms with van der Waals surface area (Å²) < 4.78 is 0. The van der Waals surface area contributed by atoms with Gasteiger partial charge in [-0.1, -0.05) is 183 Å². The zero-order valence-corrected chi connectivity index (χ0v) is 32.2. The molecule has 3 aliphatic carbocycles. The minimum absolute atomic E-state index is 0.398. The van der Waals surface area contributed by atoms with Crippen molar-refractivity contribution in [2.75, 3.05) is 0 Å². The minimum Gasteiger partial charge on any atom is -0.208 e. The van der Waals surface area contributed by atoms with Gasteiger partial charge in [0.15, 0.2) is 17.5 Å². The van der Waals surface area contributed by atoms with E-state index in [2.05, 4.69) is 189 Å². The van der Waals surface area contributed by atoms with Gasteiger partial charge >= 0.3 is 0 Å². The molecule has 8 aromatic rings. The van der Waals surface area contributed by atoms with Crippen LogP contribution in [0.15, 0.2) is 188 Å². The second-order valence-corrected chi connectivity index (χ2v) is 15.6. The molecule has 3 aliphatic rings. The zero-order valence-electron chi connectivity index (χ0n) is 32.2. The molecule has 3 heteroatoms. The van der Waals surface area contributed by atoms with Crippen LogP contribution in [0.4, 0.5) is 0 Å². The van der Waals surface area contributed by atoms with Crippen molar-refractivity contribution < 1.29 is 0 Å². The van der Waals surface area contributed by atoms with Crippen molar-refractivity contribution in [1.29, 1.82) is 0 Å². The van der Waals surface area contributed by atoms with E-state index in [-0.39, 0.29) is 0 Å². The lowest BCUT2D eigenvalue weighted by atomic mass is 9.66. The van der Waals surface area contributed by atoms with Crippen LogP contribution in [-0.2, 0) is 5.41 Å². The number of aromatic nitrogens is 3. The maximum absolute atomic E-state index is 5.39. The number of nitrogens with zero attached hydrogens (tertiary/aromatic N) is 3. The smallest absolute Gasteiger partial charge is 0.164 e. The molecule has 1 unspecified atom stereocenters. The Kier molecular flexibility index (Phi) is 8.08. The summed E-state index contributed by atoms with van der Waals surface area (Å²) in [6.45, 7) is 2.30. The molecule has 1 atom stereocenters. The van der Waals surface area contributed by atoms with Crippen LogP contribution in [0.3, 0.4) is 0 Å². The van der Waals surface area contributed by atoms with Crippen LogP contribution < -0.4 is 0 Å². The predicted octanol–water partition coefficient (Wildman–Crippen LogP) is 13.4. The largest absolute Gasteiger partial charge is 0.208 e. The van der Waals surface area contributed by atoms with Crippen molar-refractivity contribution in [3.63, 3.8) is 0 Å². The van der Waals surface area contributed by atoms with Gasteiger partial charge in [0.05, 0.1) is 5.41 Å². The van der Waals surface area contributed by atoms with E-state index in [9.17, 15) is 0 Å². The van der Waals surface area contributed by atoms with Crippen molar-refractivity contribution in [3.05, 3.63) is 227 Å². The highest BCUT2D eigenvalue weighted by atomic mass is 15.0. The molecule has 1 aromatic heterocycles.